The number of nitrogens with zero attached hydrogens (tertiary/aromatic N) is 2. The normalized spacial score (nSPS) is 11.4. The predicted octanol–water partition coefficient (Wildman–Crippen LogP) is 5.35. The SMILES string of the molecule is Cc1[nH]c2c(C=NNc3nc(-c4ccccc4)cs3)cccc2c1C. The number of thiazole rings is 1. The van der Waals surface area contributed by atoms with Gasteiger partial charge < -0.3 is 4.98 Å². The molecule has 0 aliphatic carbocycles. The van der Waals surface area contributed by atoms with E-state index in [9.17, 15) is 0 Å². The number of hydrogen-bond donors (Lipinski definition) is 2. The van der Waals surface area contributed by atoms with Gasteiger partial charge in [0.2, 0.25) is 5.13 Å². The molecule has 0 fully saturated rings. The third kappa shape index (κ3) is 3.06. The lowest BCUT2D eigenvalue weighted by atomic mass is 10.1. The van der Waals surface area contributed by atoms with Crippen LogP contribution in [0.5, 0.6) is 0 Å². The molecule has 0 aliphatic rings. The summed E-state index contributed by atoms with van der Waals surface area (Å²) in [7, 11) is 0. The highest BCUT2D eigenvalue weighted by atomic mass is 32.1. The second-order valence-corrected chi connectivity index (χ2v) is 6.78. The van der Waals surface area contributed by atoms with E-state index in [1.807, 2.05) is 29.8 Å². The van der Waals surface area contributed by atoms with Crippen LogP contribution in [0.2, 0.25) is 0 Å². The van der Waals surface area contributed by atoms with Gasteiger partial charge in [0.1, 0.15) is 0 Å². The largest absolute Gasteiger partial charge is 0.358 e. The number of rotatable bonds is 4. The first-order valence-electron chi connectivity index (χ1n) is 8.10. The molecule has 5 heteroatoms. The summed E-state index contributed by atoms with van der Waals surface area (Å²) in [6.07, 6.45) is 1.83. The monoisotopic (exact) mass is 346 g/mol. The summed E-state index contributed by atoms with van der Waals surface area (Å²) in [6, 6.07) is 16.4. The summed E-state index contributed by atoms with van der Waals surface area (Å²) in [5, 5.41) is 8.41. The zero-order chi connectivity index (χ0) is 17.2. The number of nitrogens with one attached hydrogen (secondary N) is 2. The summed E-state index contributed by atoms with van der Waals surface area (Å²) in [4.78, 5) is 8.02. The van der Waals surface area contributed by atoms with Crippen LogP contribution in [0.4, 0.5) is 5.13 Å². The van der Waals surface area contributed by atoms with E-state index in [0.29, 0.717) is 0 Å². The van der Waals surface area contributed by atoms with Gasteiger partial charge in [0, 0.05) is 27.6 Å². The molecule has 2 aromatic heterocycles. The highest BCUT2D eigenvalue weighted by Gasteiger charge is 2.07. The third-order valence-corrected chi connectivity index (χ3v) is 5.06. The standard InChI is InChI=1S/C20H18N4S/c1-13-14(2)22-19-16(9-6-10-17(13)19)11-21-24-20-23-18(12-25-20)15-7-4-3-5-8-15/h3-12,22H,1-2H3,(H,23,24). The Labute approximate surface area is 150 Å². The number of benzene rings is 2. The van der Waals surface area contributed by atoms with Crippen molar-refractivity contribution in [1.29, 1.82) is 0 Å². The van der Waals surface area contributed by atoms with Gasteiger partial charge in [0.05, 0.1) is 17.4 Å². The maximum absolute atomic E-state index is 4.58. The van der Waals surface area contributed by atoms with Gasteiger partial charge in [-0.15, -0.1) is 11.3 Å². The molecule has 0 unspecified atom stereocenters. The number of H-pyrrole nitrogens is 1. The fourth-order valence-corrected chi connectivity index (χ4v) is 3.51. The first-order chi connectivity index (χ1) is 12.2. The molecule has 2 heterocycles. The Morgan fingerprint density at radius 3 is 2.76 bits per heavy atom. The van der Waals surface area contributed by atoms with Crippen molar-refractivity contribution >= 4 is 33.6 Å². The quantitative estimate of drug-likeness (QED) is 0.386. The lowest BCUT2D eigenvalue weighted by Gasteiger charge is -1.98. The van der Waals surface area contributed by atoms with Crippen LogP contribution in [0.1, 0.15) is 16.8 Å². The van der Waals surface area contributed by atoms with E-state index < -0.39 is 0 Å². The van der Waals surface area contributed by atoms with E-state index >= 15 is 0 Å². The maximum Gasteiger partial charge on any atom is 0.203 e. The molecule has 25 heavy (non-hydrogen) atoms. The molecule has 0 spiro atoms. The molecule has 4 nitrogen and oxygen atoms in total. The number of para-hydroxylation sites is 1. The van der Waals surface area contributed by atoms with Crippen molar-refractivity contribution in [2.45, 2.75) is 13.8 Å². The van der Waals surface area contributed by atoms with Crippen molar-refractivity contribution in [2.75, 3.05) is 5.43 Å². The Hall–Kier alpha value is -2.92. The highest BCUT2D eigenvalue weighted by molar-refractivity contribution is 7.14. The van der Waals surface area contributed by atoms with E-state index in [0.717, 1.165) is 27.5 Å². The number of aryl methyl sites for hydroxylation is 2. The minimum Gasteiger partial charge on any atom is -0.358 e. The zero-order valence-electron chi connectivity index (χ0n) is 14.1. The van der Waals surface area contributed by atoms with E-state index in [1.54, 1.807) is 11.3 Å². The van der Waals surface area contributed by atoms with E-state index in [-0.39, 0.29) is 0 Å². The Bertz CT molecular complexity index is 1040. The number of hydrazone groups is 1. The number of aromatic nitrogens is 2. The van der Waals surface area contributed by atoms with Gasteiger partial charge >= 0.3 is 0 Å². The van der Waals surface area contributed by atoms with Crippen LogP contribution in [0.25, 0.3) is 22.2 Å². The van der Waals surface area contributed by atoms with Crippen LogP contribution in [0, 0.1) is 13.8 Å². The average Bonchev–Trinajstić information content (AvgIpc) is 3.22. The Kier molecular flexibility index (Phi) is 4.07. The van der Waals surface area contributed by atoms with Crippen LogP contribution >= 0.6 is 11.3 Å². The van der Waals surface area contributed by atoms with Gasteiger partial charge in [0.15, 0.2) is 0 Å². The Morgan fingerprint density at radius 2 is 1.92 bits per heavy atom. The molecule has 124 valence electrons. The summed E-state index contributed by atoms with van der Waals surface area (Å²) in [5.74, 6) is 0. The second kappa shape index (κ2) is 6.53. The topological polar surface area (TPSA) is 53.1 Å². The van der Waals surface area contributed by atoms with Crippen molar-refractivity contribution in [3.63, 3.8) is 0 Å². The average molecular weight is 346 g/mol. The van der Waals surface area contributed by atoms with Crippen molar-refractivity contribution in [3.8, 4) is 11.3 Å². The van der Waals surface area contributed by atoms with Gasteiger partial charge in [-0.05, 0) is 19.4 Å². The Morgan fingerprint density at radius 1 is 1.08 bits per heavy atom. The van der Waals surface area contributed by atoms with Crippen LogP contribution in [-0.4, -0.2) is 16.2 Å². The summed E-state index contributed by atoms with van der Waals surface area (Å²) < 4.78 is 0. The van der Waals surface area contributed by atoms with Crippen LogP contribution in [0.3, 0.4) is 0 Å². The first kappa shape index (κ1) is 15.6. The molecule has 0 amide bonds. The van der Waals surface area contributed by atoms with Crippen molar-refractivity contribution in [3.05, 3.63) is 70.7 Å². The molecule has 2 aromatic carbocycles. The molecule has 4 aromatic rings. The zero-order valence-corrected chi connectivity index (χ0v) is 14.9. The molecule has 0 radical (unpaired) electrons. The van der Waals surface area contributed by atoms with E-state index in [4.69, 9.17) is 0 Å². The molecular formula is C20H18N4S. The molecule has 0 saturated carbocycles. The number of fused-ring (bicyclic) bond motifs is 1. The summed E-state index contributed by atoms with van der Waals surface area (Å²) in [5.41, 5.74) is 9.75. The fraction of sp³-hybridized carbons (Fsp3) is 0.100. The molecule has 0 aliphatic heterocycles. The van der Waals surface area contributed by atoms with Gasteiger partial charge in [-0.25, -0.2) is 4.98 Å². The number of anilines is 1. The smallest absolute Gasteiger partial charge is 0.203 e. The van der Waals surface area contributed by atoms with Crippen molar-refractivity contribution in [1.82, 2.24) is 9.97 Å². The van der Waals surface area contributed by atoms with Crippen LogP contribution in [-0.2, 0) is 0 Å². The van der Waals surface area contributed by atoms with E-state index in [1.165, 1.54) is 16.6 Å². The number of hydrogen-bond acceptors (Lipinski definition) is 4. The van der Waals surface area contributed by atoms with Gasteiger partial charge in [0.25, 0.3) is 0 Å². The first-order valence-corrected chi connectivity index (χ1v) is 8.98. The Balaban J connectivity index is 1.54. The fourth-order valence-electron chi connectivity index (χ4n) is 2.84. The van der Waals surface area contributed by atoms with Crippen LogP contribution < -0.4 is 5.43 Å². The maximum atomic E-state index is 4.58. The second-order valence-electron chi connectivity index (χ2n) is 5.92. The van der Waals surface area contributed by atoms with Gasteiger partial charge in [-0.1, -0.05) is 48.5 Å². The molecule has 0 atom stereocenters. The predicted molar refractivity (Wildman–Crippen MR) is 107 cm³/mol. The highest BCUT2D eigenvalue weighted by Crippen LogP contribution is 2.25. The van der Waals surface area contributed by atoms with Crippen molar-refractivity contribution in [2.24, 2.45) is 5.10 Å². The number of aromatic amines is 1. The van der Waals surface area contributed by atoms with Crippen molar-refractivity contribution < 1.29 is 0 Å². The third-order valence-electron chi connectivity index (χ3n) is 4.31. The lowest BCUT2D eigenvalue weighted by Crippen LogP contribution is -1.91. The van der Waals surface area contributed by atoms with Gasteiger partial charge in [-0.3, -0.25) is 5.43 Å². The molecule has 2 N–H and O–H groups in total. The van der Waals surface area contributed by atoms with Crippen LogP contribution in [0.15, 0.2) is 59.0 Å². The molecule has 0 bridgehead atoms. The summed E-state index contributed by atoms with van der Waals surface area (Å²) in [6.45, 7) is 4.23. The molecule has 0 saturated heterocycles. The lowest BCUT2D eigenvalue weighted by molar-refractivity contribution is 1.25. The minimum atomic E-state index is 0.779. The molecular weight excluding hydrogens is 328 g/mol. The van der Waals surface area contributed by atoms with Gasteiger partial charge in [-0.2, -0.15) is 5.10 Å². The van der Waals surface area contributed by atoms with E-state index in [2.05, 4.69) is 64.7 Å². The molecule has 4 rings (SSSR count). The minimum absolute atomic E-state index is 0.779. The summed E-state index contributed by atoms with van der Waals surface area (Å²) >= 11 is 1.55.